The van der Waals surface area contributed by atoms with Crippen LogP contribution in [0.5, 0.6) is 0 Å². The van der Waals surface area contributed by atoms with Gasteiger partial charge in [0.1, 0.15) is 5.76 Å². The summed E-state index contributed by atoms with van der Waals surface area (Å²) in [4.78, 5) is 0. The van der Waals surface area contributed by atoms with Crippen molar-refractivity contribution in [2.75, 3.05) is 0 Å². The van der Waals surface area contributed by atoms with Gasteiger partial charge < -0.3 is 9.84 Å². The number of aliphatic hydroxyl groups is 1. The summed E-state index contributed by atoms with van der Waals surface area (Å²) in [5.41, 5.74) is 0.969. The summed E-state index contributed by atoms with van der Waals surface area (Å²) in [6.45, 7) is 13.2. The number of rotatable bonds is 7. The lowest BCUT2D eigenvalue weighted by molar-refractivity contribution is 0.106. The van der Waals surface area contributed by atoms with E-state index in [1.165, 1.54) is 0 Å². The maximum absolute atomic E-state index is 9.11. The topological polar surface area (TPSA) is 29.5 Å². The van der Waals surface area contributed by atoms with Gasteiger partial charge in [-0.05, 0) is 39.7 Å². The molecule has 2 nitrogen and oxygen atoms in total. The standard InChI is InChI=1S/C13H22O2/c1-10(2)6-8-12(4)15-13(5)9-7-11(3)14/h6,8,11,13-14H,1,4,7,9H2,2-3,5H3/b8-6-. The molecule has 0 aromatic carbocycles. The first-order valence-electron chi connectivity index (χ1n) is 5.29. The lowest BCUT2D eigenvalue weighted by atomic mass is 10.1. The molecule has 0 saturated carbocycles. The van der Waals surface area contributed by atoms with Crippen LogP contribution in [0.2, 0.25) is 0 Å². The summed E-state index contributed by atoms with van der Waals surface area (Å²) in [6.07, 6.45) is 5.07. The van der Waals surface area contributed by atoms with Gasteiger partial charge in [-0.2, -0.15) is 0 Å². The molecule has 0 amide bonds. The first kappa shape index (κ1) is 14.0. The molecule has 2 heteroatoms. The van der Waals surface area contributed by atoms with Crippen LogP contribution in [0.15, 0.2) is 36.6 Å². The van der Waals surface area contributed by atoms with Gasteiger partial charge in [0.15, 0.2) is 0 Å². The molecule has 2 atom stereocenters. The van der Waals surface area contributed by atoms with Crippen LogP contribution in [-0.2, 0) is 4.74 Å². The minimum atomic E-state index is -0.268. The number of hydrogen-bond acceptors (Lipinski definition) is 2. The summed E-state index contributed by atoms with van der Waals surface area (Å²) < 4.78 is 5.52. The van der Waals surface area contributed by atoms with Gasteiger partial charge in [-0.15, -0.1) is 0 Å². The fourth-order valence-corrected chi connectivity index (χ4v) is 1.07. The van der Waals surface area contributed by atoms with Gasteiger partial charge in [-0.25, -0.2) is 0 Å². The van der Waals surface area contributed by atoms with Crippen molar-refractivity contribution in [1.82, 2.24) is 0 Å². The molecule has 1 N–H and O–H groups in total. The van der Waals surface area contributed by atoms with Crippen molar-refractivity contribution in [2.45, 2.75) is 45.8 Å². The predicted octanol–water partition coefficient (Wildman–Crippen LogP) is 3.20. The Labute approximate surface area is 93.0 Å². The van der Waals surface area contributed by atoms with Crippen molar-refractivity contribution in [3.05, 3.63) is 36.6 Å². The highest BCUT2D eigenvalue weighted by Gasteiger charge is 2.05. The molecular weight excluding hydrogens is 188 g/mol. The third-order valence-electron chi connectivity index (χ3n) is 1.90. The number of ether oxygens (including phenoxy) is 1. The Balaban J connectivity index is 3.81. The van der Waals surface area contributed by atoms with Crippen molar-refractivity contribution < 1.29 is 9.84 Å². The molecule has 0 heterocycles. The van der Waals surface area contributed by atoms with E-state index >= 15 is 0 Å². The first-order valence-corrected chi connectivity index (χ1v) is 5.29. The van der Waals surface area contributed by atoms with Crippen LogP contribution in [0.3, 0.4) is 0 Å². The molecule has 0 aromatic heterocycles. The molecule has 0 aliphatic heterocycles. The average Bonchev–Trinajstić information content (AvgIpc) is 2.11. The third-order valence-corrected chi connectivity index (χ3v) is 1.90. The largest absolute Gasteiger partial charge is 0.491 e. The smallest absolute Gasteiger partial charge is 0.112 e. The molecule has 2 unspecified atom stereocenters. The Bertz CT molecular complexity index is 239. The van der Waals surface area contributed by atoms with E-state index in [0.29, 0.717) is 5.76 Å². The van der Waals surface area contributed by atoms with Gasteiger partial charge in [0.2, 0.25) is 0 Å². The summed E-state index contributed by atoms with van der Waals surface area (Å²) in [6, 6.07) is 0. The highest BCUT2D eigenvalue weighted by molar-refractivity contribution is 5.19. The zero-order chi connectivity index (χ0) is 11.8. The Morgan fingerprint density at radius 1 is 1.27 bits per heavy atom. The fourth-order valence-electron chi connectivity index (χ4n) is 1.07. The Kier molecular flexibility index (Phi) is 6.80. The lowest BCUT2D eigenvalue weighted by Crippen LogP contribution is -2.10. The Morgan fingerprint density at radius 3 is 2.33 bits per heavy atom. The van der Waals surface area contributed by atoms with Gasteiger partial charge in [-0.1, -0.05) is 24.8 Å². The van der Waals surface area contributed by atoms with Crippen molar-refractivity contribution in [2.24, 2.45) is 0 Å². The fraction of sp³-hybridized carbons (Fsp3) is 0.538. The molecule has 0 spiro atoms. The zero-order valence-electron chi connectivity index (χ0n) is 9.99. The maximum Gasteiger partial charge on any atom is 0.112 e. The van der Waals surface area contributed by atoms with Crippen LogP contribution in [0, 0.1) is 0 Å². The van der Waals surface area contributed by atoms with Crippen LogP contribution in [0.4, 0.5) is 0 Å². The highest BCUT2D eigenvalue weighted by atomic mass is 16.5. The molecule has 0 rings (SSSR count). The second-order valence-electron chi connectivity index (χ2n) is 4.00. The molecule has 86 valence electrons. The molecule has 0 aliphatic carbocycles. The Hall–Kier alpha value is -1.02. The highest BCUT2D eigenvalue weighted by Crippen LogP contribution is 2.09. The van der Waals surface area contributed by atoms with E-state index in [0.717, 1.165) is 18.4 Å². The summed E-state index contributed by atoms with van der Waals surface area (Å²) in [5, 5.41) is 9.11. The van der Waals surface area contributed by atoms with E-state index in [1.807, 2.05) is 19.9 Å². The van der Waals surface area contributed by atoms with E-state index < -0.39 is 0 Å². The second kappa shape index (κ2) is 7.30. The van der Waals surface area contributed by atoms with Crippen molar-refractivity contribution in [1.29, 1.82) is 0 Å². The summed E-state index contributed by atoms with van der Waals surface area (Å²) in [5.74, 6) is 0.635. The zero-order valence-corrected chi connectivity index (χ0v) is 9.99. The van der Waals surface area contributed by atoms with E-state index in [2.05, 4.69) is 13.2 Å². The monoisotopic (exact) mass is 210 g/mol. The quantitative estimate of drug-likeness (QED) is 0.516. The third kappa shape index (κ3) is 9.29. The van der Waals surface area contributed by atoms with Crippen LogP contribution in [-0.4, -0.2) is 17.3 Å². The lowest BCUT2D eigenvalue weighted by Gasteiger charge is -2.15. The second-order valence-corrected chi connectivity index (χ2v) is 4.00. The van der Waals surface area contributed by atoms with Crippen molar-refractivity contribution in [3.8, 4) is 0 Å². The van der Waals surface area contributed by atoms with Gasteiger partial charge >= 0.3 is 0 Å². The molecule has 0 saturated heterocycles. The van der Waals surface area contributed by atoms with E-state index in [4.69, 9.17) is 9.84 Å². The first-order chi connectivity index (χ1) is 6.91. The summed E-state index contributed by atoms with van der Waals surface area (Å²) >= 11 is 0. The van der Waals surface area contributed by atoms with Crippen LogP contribution in [0.1, 0.15) is 33.6 Å². The van der Waals surface area contributed by atoms with Crippen LogP contribution >= 0.6 is 0 Å². The Morgan fingerprint density at radius 2 is 1.87 bits per heavy atom. The molecular formula is C13H22O2. The van der Waals surface area contributed by atoms with E-state index in [9.17, 15) is 0 Å². The van der Waals surface area contributed by atoms with Crippen LogP contribution < -0.4 is 0 Å². The normalized spacial score (nSPS) is 14.9. The molecule has 0 fully saturated rings. The van der Waals surface area contributed by atoms with Gasteiger partial charge in [0.05, 0.1) is 12.2 Å². The minimum absolute atomic E-state index is 0.0851. The van der Waals surface area contributed by atoms with Gasteiger partial charge in [0, 0.05) is 0 Å². The minimum Gasteiger partial charge on any atom is -0.491 e. The number of aliphatic hydroxyl groups excluding tert-OH is 1. The average molecular weight is 210 g/mol. The SMILES string of the molecule is C=C(C)/C=C\C(=C)OC(C)CCC(C)O. The van der Waals surface area contributed by atoms with E-state index in [-0.39, 0.29) is 12.2 Å². The van der Waals surface area contributed by atoms with Gasteiger partial charge in [-0.3, -0.25) is 0 Å². The summed E-state index contributed by atoms with van der Waals surface area (Å²) in [7, 11) is 0. The van der Waals surface area contributed by atoms with Crippen molar-refractivity contribution >= 4 is 0 Å². The molecule has 0 aliphatic rings. The van der Waals surface area contributed by atoms with Gasteiger partial charge in [0.25, 0.3) is 0 Å². The van der Waals surface area contributed by atoms with Crippen LogP contribution in [0.25, 0.3) is 0 Å². The number of hydrogen-bond donors (Lipinski definition) is 1. The molecule has 0 bridgehead atoms. The van der Waals surface area contributed by atoms with E-state index in [1.54, 1.807) is 13.0 Å². The molecule has 15 heavy (non-hydrogen) atoms. The van der Waals surface area contributed by atoms with Crippen molar-refractivity contribution in [3.63, 3.8) is 0 Å². The molecule has 0 aromatic rings. The maximum atomic E-state index is 9.11. The molecule has 0 radical (unpaired) electrons. The number of allylic oxidation sites excluding steroid dienone is 3. The predicted molar refractivity (Wildman–Crippen MR) is 64.6 cm³/mol.